The molecular weight excluding hydrogens is 385 g/mol. The van der Waals surface area contributed by atoms with Gasteiger partial charge in [-0.2, -0.15) is 0 Å². The van der Waals surface area contributed by atoms with Gasteiger partial charge in [0.1, 0.15) is 18.5 Å². The lowest BCUT2D eigenvalue weighted by Crippen LogP contribution is -2.30. The molecule has 2 aromatic rings. The summed E-state index contributed by atoms with van der Waals surface area (Å²) in [5.74, 6) is 0.616. The summed E-state index contributed by atoms with van der Waals surface area (Å²) in [7, 11) is 0. The van der Waals surface area contributed by atoms with Gasteiger partial charge in [0.2, 0.25) is 5.91 Å². The highest BCUT2D eigenvalue weighted by Gasteiger charge is 2.36. The Hall–Kier alpha value is -1.46. The van der Waals surface area contributed by atoms with Crippen molar-refractivity contribution in [1.82, 2.24) is 4.90 Å². The zero-order chi connectivity index (χ0) is 18.0. The monoisotopic (exact) mass is 399 g/mol. The van der Waals surface area contributed by atoms with Gasteiger partial charge in [-0.1, -0.05) is 40.9 Å². The summed E-state index contributed by atoms with van der Waals surface area (Å²) in [4.78, 5) is 13.6. The van der Waals surface area contributed by atoms with Crippen LogP contribution in [-0.4, -0.2) is 30.1 Å². The largest absolute Gasteiger partial charge is 0.491 e. The SMILES string of the molecule is CC(=O)N1C[C@@H](COc2ccc(Cl)cc2)O[C@@H]1c1ccc(Cl)c(Cl)c1. The third-order valence-corrected chi connectivity index (χ3v) is 4.88. The summed E-state index contributed by atoms with van der Waals surface area (Å²) < 4.78 is 11.7. The first-order valence-corrected chi connectivity index (χ1v) is 8.83. The Morgan fingerprint density at radius 1 is 1.16 bits per heavy atom. The summed E-state index contributed by atoms with van der Waals surface area (Å²) in [5, 5.41) is 1.53. The van der Waals surface area contributed by atoms with Crippen molar-refractivity contribution in [2.45, 2.75) is 19.3 Å². The molecule has 2 atom stereocenters. The van der Waals surface area contributed by atoms with E-state index in [9.17, 15) is 4.79 Å². The van der Waals surface area contributed by atoms with Gasteiger partial charge in [0, 0.05) is 17.5 Å². The van der Waals surface area contributed by atoms with E-state index < -0.39 is 6.23 Å². The van der Waals surface area contributed by atoms with Crippen LogP contribution in [0.25, 0.3) is 0 Å². The van der Waals surface area contributed by atoms with E-state index in [1.54, 1.807) is 47.4 Å². The molecule has 4 nitrogen and oxygen atoms in total. The molecule has 2 aromatic carbocycles. The fraction of sp³-hybridized carbons (Fsp3) is 0.278. The molecule has 1 heterocycles. The van der Waals surface area contributed by atoms with Gasteiger partial charge in [-0.3, -0.25) is 4.79 Å². The molecule has 1 amide bonds. The summed E-state index contributed by atoms with van der Waals surface area (Å²) in [5.41, 5.74) is 0.776. The minimum absolute atomic E-state index is 0.0786. The predicted molar refractivity (Wildman–Crippen MR) is 98.4 cm³/mol. The molecule has 0 bridgehead atoms. The Bertz CT molecular complexity index is 767. The van der Waals surface area contributed by atoms with Gasteiger partial charge >= 0.3 is 0 Å². The zero-order valence-corrected chi connectivity index (χ0v) is 15.7. The fourth-order valence-corrected chi connectivity index (χ4v) is 3.08. The van der Waals surface area contributed by atoms with Crippen LogP contribution in [0.2, 0.25) is 15.1 Å². The lowest BCUT2D eigenvalue weighted by Gasteiger charge is -2.22. The number of halogens is 3. The Labute approximate surface area is 161 Å². The Balaban J connectivity index is 1.70. The first kappa shape index (κ1) is 18.3. The fourth-order valence-electron chi connectivity index (χ4n) is 2.64. The molecule has 0 aliphatic carbocycles. The molecule has 0 spiro atoms. The maximum atomic E-state index is 12.0. The first-order valence-electron chi connectivity index (χ1n) is 7.70. The van der Waals surface area contributed by atoms with Crippen LogP contribution in [0.5, 0.6) is 5.75 Å². The van der Waals surface area contributed by atoms with E-state index in [1.807, 2.05) is 0 Å². The van der Waals surface area contributed by atoms with Crippen molar-refractivity contribution in [2.75, 3.05) is 13.2 Å². The topological polar surface area (TPSA) is 38.8 Å². The minimum Gasteiger partial charge on any atom is -0.491 e. The highest BCUT2D eigenvalue weighted by atomic mass is 35.5. The molecule has 1 aliphatic rings. The second-order valence-electron chi connectivity index (χ2n) is 5.72. The van der Waals surface area contributed by atoms with Gasteiger partial charge in [-0.05, 0) is 36.4 Å². The van der Waals surface area contributed by atoms with Crippen molar-refractivity contribution >= 4 is 40.7 Å². The molecule has 132 valence electrons. The minimum atomic E-state index is -0.508. The summed E-state index contributed by atoms with van der Waals surface area (Å²) in [6.07, 6.45) is -0.759. The van der Waals surface area contributed by atoms with Crippen LogP contribution in [0.4, 0.5) is 0 Å². The van der Waals surface area contributed by atoms with Crippen molar-refractivity contribution < 1.29 is 14.3 Å². The maximum absolute atomic E-state index is 12.0. The van der Waals surface area contributed by atoms with E-state index >= 15 is 0 Å². The second-order valence-corrected chi connectivity index (χ2v) is 6.97. The zero-order valence-electron chi connectivity index (χ0n) is 13.4. The third-order valence-electron chi connectivity index (χ3n) is 3.89. The lowest BCUT2D eigenvalue weighted by atomic mass is 10.2. The van der Waals surface area contributed by atoms with Crippen molar-refractivity contribution in [1.29, 1.82) is 0 Å². The van der Waals surface area contributed by atoms with E-state index in [4.69, 9.17) is 44.3 Å². The number of rotatable bonds is 4. The molecule has 25 heavy (non-hydrogen) atoms. The van der Waals surface area contributed by atoms with Crippen molar-refractivity contribution in [2.24, 2.45) is 0 Å². The average Bonchev–Trinajstić information content (AvgIpc) is 3.01. The normalized spacial score (nSPS) is 19.9. The molecule has 0 N–H and O–H groups in total. The van der Waals surface area contributed by atoms with Gasteiger partial charge in [-0.25, -0.2) is 0 Å². The number of carbonyl (C=O) groups excluding carboxylic acids is 1. The Kier molecular flexibility index (Phi) is 5.74. The number of nitrogens with zero attached hydrogens (tertiary/aromatic N) is 1. The van der Waals surface area contributed by atoms with E-state index in [0.29, 0.717) is 34.0 Å². The molecule has 0 saturated carbocycles. The van der Waals surface area contributed by atoms with Gasteiger partial charge < -0.3 is 14.4 Å². The standard InChI is InChI=1S/C18H16Cl3NO3/c1-11(23)22-9-15(10-24-14-5-3-13(19)4-6-14)25-18(22)12-2-7-16(20)17(21)8-12/h2-8,15,18H,9-10H2,1H3/t15-,18+/m0/s1. The molecule has 3 rings (SSSR count). The quantitative estimate of drug-likeness (QED) is 0.727. The molecule has 1 aliphatic heterocycles. The number of hydrogen-bond donors (Lipinski definition) is 0. The Morgan fingerprint density at radius 2 is 1.88 bits per heavy atom. The summed E-state index contributed by atoms with van der Waals surface area (Å²) >= 11 is 17.9. The highest BCUT2D eigenvalue weighted by Crippen LogP contribution is 2.34. The number of benzene rings is 2. The van der Waals surface area contributed by atoms with E-state index in [1.165, 1.54) is 6.92 Å². The maximum Gasteiger partial charge on any atom is 0.221 e. The van der Waals surface area contributed by atoms with Crippen molar-refractivity contribution in [3.05, 3.63) is 63.1 Å². The van der Waals surface area contributed by atoms with Crippen LogP contribution in [0.3, 0.4) is 0 Å². The van der Waals surface area contributed by atoms with Crippen LogP contribution in [0.15, 0.2) is 42.5 Å². The average molecular weight is 401 g/mol. The van der Waals surface area contributed by atoms with Crippen LogP contribution in [-0.2, 0) is 9.53 Å². The third kappa shape index (κ3) is 4.39. The van der Waals surface area contributed by atoms with E-state index in [-0.39, 0.29) is 12.0 Å². The lowest BCUT2D eigenvalue weighted by molar-refractivity contribution is -0.134. The van der Waals surface area contributed by atoms with Crippen molar-refractivity contribution in [3.63, 3.8) is 0 Å². The van der Waals surface area contributed by atoms with Crippen LogP contribution in [0.1, 0.15) is 18.7 Å². The first-order chi connectivity index (χ1) is 11.9. The number of carbonyl (C=O) groups is 1. The van der Waals surface area contributed by atoms with E-state index in [0.717, 1.165) is 5.56 Å². The Morgan fingerprint density at radius 3 is 2.52 bits per heavy atom. The van der Waals surface area contributed by atoms with Gasteiger partial charge in [-0.15, -0.1) is 0 Å². The van der Waals surface area contributed by atoms with Gasteiger partial charge in [0.25, 0.3) is 0 Å². The number of hydrogen-bond acceptors (Lipinski definition) is 3. The van der Waals surface area contributed by atoms with Crippen LogP contribution < -0.4 is 4.74 Å². The molecule has 0 unspecified atom stereocenters. The van der Waals surface area contributed by atoms with Crippen molar-refractivity contribution in [3.8, 4) is 5.75 Å². The second kappa shape index (κ2) is 7.83. The highest BCUT2D eigenvalue weighted by molar-refractivity contribution is 6.42. The van der Waals surface area contributed by atoms with E-state index in [2.05, 4.69) is 0 Å². The number of amides is 1. The summed E-state index contributed by atoms with van der Waals surface area (Å²) in [6, 6.07) is 12.3. The van der Waals surface area contributed by atoms with Gasteiger partial charge in [0.15, 0.2) is 6.23 Å². The predicted octanol–water partition coefficient (Wildman–Crippen LogP) is 4.97. The van der Waals surface area contributed by atoms with Crippen LogP contribution >= 0.6 is 34.8 Å². The molecule has 0 radical (unpaired) electrons. The molecular formula is C18H16Cl3NO3. The molecule has 0 aromatic heterocycles. The smallest absolute Gasteiger partial charge is 0.221 e. The summed E-state index contributed by atoms with van der Waals surface area (Å²) in [6.45, 7) is 2.27. The molecule has 1 fully saturated rings. The molecule has 1 saturated heterocycles. The van der Waals surface area contributed by atoms with Gasteiger partial charge in [0.05, 0.1) is 16.6 Å². The van der Waals surface area contributed by atoms with Crippen LogP contribution in [0, 0.1) is 0 Å². The molecule has 7 heteroatoms. The number of ether oxygens (including phenoxy) is 2.